The van der Waals surface area contributed by atoms with Crippen LogP contribution in [0, 0.1) is 0 Å². The highest BCUT2D eigenvalue weighted by Crippen LogP contribution is 2.06. The van der Waals surface area contributed by atoms with Crippen molar-refractivity contribution in [2.24, 2.45) is 4.99 Å². The minimum Gasteiger partial charge on any atom is -0.490 e. The van der Waals surface area contributed by atoms with Crippen molar-refractivity contribution in [1.82, 2.24) is 20.1 Å². The van der Waals surface area contributed by atoms with Gasteiger partial charge in [-0.2, -0.15) is 0 Å². The van der Waals surface area contributed by atoms with Gasteiger partial charge in [-0.1, -0.05) is 0 Å². The van der Waals surface area contributed by atoms with Gasteiger partial charge in [0.25, 0.3) is 0 Å². The molecule has 1 saturated heterocycles. The van der Waals surface area contributed by atoms with Crippen LogP contribution in [-0.4, -0.2) is 72.5 Å². The van der Waals surface area contributed by atoms with E-state index in [0.717, 1.165) is 44.4 Å². The summed E-state index contributed by atoms with van der Waals surface area (Å²) in [6, 6.07) is 3.72. The van der Waals surface area contributed by atoms with Crippen LogP contribution in [0.3, 0.4) is 0 Å². The molecular weight excluding hydrogens is 294 g/mol. The minimum atomic E-state index is 0.136. The van der Waals surface area contributed by atoms with E-state index >= 15 is 0 Å². The minimum absolute atomic E-state index is 0.136. The molecule has 1 amide bonds. The van der Waals surface area contributed by atoms with Crippen LogP contribution in [0.4, 0.5) is 0 Å². The summed E-state index contributed by atoms with van der Waals surface area (Å²) in [6.07, 6.45) is 3.41. The molecule has 0 saturated carbocycles. The van der Waals surface area contributed by atoms with Gasteiger partial charge in [0, 0.05) is 45.8 Å². The van der Waals surface area contributed by atoms with Gasteiger partial charge in [-0.15, -0.1) is 0 Å². The van der Waals surface area contributed by atoms with E-state index in [0.29, 0.717) is 13.2 Å². The molecule has 0 unspecified atom stereocenters. The summed E-state index contributed by atoms with van der Waals surface area (Å²) >= 11 is 0. The lowest BCUT2D eigenvalue weighted by molar-refractivity contribution is -0.130. The first-order chi connectivity index (χ1) is 11.2. The van der Waals surface area contributed by atoms with Crippen molar-refractivity contribution >= 4 is 11.9 Å². The second-order valence-electron chi connectivity index (χ2n) is 5.27. The van der Waals surface area contributed by atoms with Gasteiger partial charge in [0.15, 0.2) is 5.96 Å². The fraction of sp³-hybridized carbons (Fsp3) is 0.562. The van der Waals surface area contributed by atoms with Gasteiger partial charge in [-0.25, -0.2) is 4.99 Å². The Morgan fingerprint density at radius 1 is 1.35 bits per heavy atom. The smallest absolute Gasteiger partial charge is 0.219 e. The summed E-state index contributed by atoms with van der Waals surface area (Å²) in [6.45, 7) is 8.65. The number of guanidine groups is 1. The molecule has 0 radical (unpaired) electrons. The van der Waals surface area contributed by atoms with Crippen molar-refractivity contribution < 1.29 is 9.53 Å². The molecule has 7 heteroatoms. The Labute approximate surface area is 137 Å². The van der Waals surface area contributed by atoms with Crippen LogP contribution in [0.2, 0.25) is 0 Å². The van der Waals surface area contributed by atoms with E-state index in [4.69, 9.17) is 4.74 Å². The van der Waals surface area contributed by atoms with Gasteiger partial charge in [0.05, 0.1) is 12.7 Å². The second-order valence-corrected chi connectivity index (χ2v) is 5.27. The van der Waals surface area contributed by atoms with E-state index < -0.39 is 0 Å². The number of carbonyl (C=O) groups is 1. The molecule has 0 aliphatic carbocycles. The van der Waals surface area contributed by atoms with Crippen LogP contribution in [0.25, 0.3) is 0 Å². The van der Waals surface area contributed by atoms with Crippen molar-refractivity contribution in [3.63, 3.8) is 0 Å². The number of hydrogen-bond acceptors (Lipinski definition) is 4. The fourth-order valence-corrected chi connectivity index (χ4v) is 2.41. The fourth-order valence-electron chi connectivity index (χ4n) is 2.41. The molecule has 1 aliphatic rings. The molecule has 0 aromatic carbocycles. The molecule has 2 rings (SSSR count). The number of aromatic nitrogens is 1. The second kappa shape index (κ2) is 8.97. The zero-order valence-electron chi connectivity index (χ0n) is 13.9. The number of rotatable bonds is 5. The predicted octanol–water partition coefficient (Wildman–Crippen LogP) is 0.590. The van der Waals surface area contributed by atoms with E-state index in [9.17, 15) is 4.79 Å². The Balaban J connectivity index is 1.82. The number of nitrogens with one attached hydrogen (secondary N) is 1. The summed E-state index contributed by atoms with van der Waals surface area (Å²) in [5.74, 6) is 1.77. The standard InChI is InChI=1S/C16H25N5O2/c1-3-18-16(21-10-8-20(9-11-21)14(2)22)19-7-12-23-15-5-4-6-17-13-15/h4-6,13H,3,7-12H2,1-2H3,(H,18,19). The number of hydrogen-bond donors (Lipinski definition) is 1. The lowest BCUT2D eigenvalue weighted by Crippen LogP contribution is -2.53. The molecule has 1 aromatic rings. The zero-order chi connectivity index (χ0) is 16.5. The van der Waals surface area contributed by atoms with Crippen LogP contribution in [0.15, 0.2) is 29.5 Å². The van der Waals surface area contributed by atoms with Gasteiger partial charge in [-0.3, -0.25) is 9.78 Å². The lowest BCUT2D eigenvalue weighted by Gasteiger charge is -2.36. The Bertz CT molecular complexity index is 512. The number of pyridine rings is 1. The van der Waals surface area contributed by atoms with E-state index in [-0.39, 0.29) is 5.91 Å². The highest BCUT2D eigenvalue weighted by molar-refractivity contribution is 5.80. The Hall–Kier alpha value is -2.31. The average molecular weight is 319 g/mol. The topological polar surface area (TPSA) is 70.1 Å². The maximum Gasteiger partial charge on any atom is 0.219 e. The van der Waals surface area contributed by atoms with E-state index in [1.54, 1.807) is 19.3 Å². The highest BCUT2D eigenvalue weighted by atomic mass is 16.5. The number of piperazine rings is 1. The number of ether oxygens (including phenoxy) is 1. The van der Waals surface area contributed by atoms with Gasteiger partial charge in [0.1, 0.15) is 12.4 Å². The first-order valence-corrected chi connectivity index (χ1v) is 8.02. The largest absolute Gasteiger partial charge is 0.490 e. The number of amides is 1. The normalized spacial score (nSPS) is 15.5. The van der Waals surface area contributed by atoms with Crippen LogP contribution in [0.1, 0.15) is 13.8 Å². The molecule has 0 bridgehead atoms. The van der Waals surface area contributed by atoms with Crippen molar-refractivity contribution in [2.45, 2.75) is 13.8 Å². The molecule has 7 nitrogen and oxygen atoms in total. The van der Waals surface area contributed by atoms with E-state index in [2.05, 4.69) is 20.2 Å². The molecule has 0 spiro atoms. The highest BCUT2D eigenvalue weighted by Gasteiger charge is 2.20. The maximum absolute atomic E-state index is 11.4. The predicted molar refractivity (Wildman–Crippen MR) is 89.5 cm³/mol. The molecule has 0 atom stereocenters. The SMILES string of the molecule is CCNC(=NCCOc1cccnc1)N1CCN(C(C)=O)CC1. The van der Waals surface area contributed by atoms with Crippen LogP contribution < -0.4 is 10.1 Å². The maximum atomic E-state index is 11.4. The van der Waals surface area contributed by atoms with E-state index in [1.165, 1.54) is 0 Å². The van der Waals surface area contributed by atoms with Crippen molar-refractivity contribution in [2.75, 3.05) is 45.9 Å². The summed E-state index contributed by atoms with van der Waals surface area (Å²) in [4.78, 5) is 24.1. The summed E-state index contributed by atoms with van der Waals surface area (Å²) in [5, 5.41) is 3.30. The van der Waals surface area contributed by atoms with Crippen LogP contribution in [-0.2, 0) is 4.79 Å². The molecule has 2 heterocycles. The Morgan fingerprint density at radius 3 is 2.70 bits per heavy atom. The Morgan fingerprint density at radius 2 is 2.09 bits per heavy atom. The van der Waals surface area contributed by atoms with Gasteiger partial charge >= 0.3 is 0 Å². The van der Waals surface area contributed by atoms with Crippen LogP contribution >= 0.6 is 0 Å². The molecule has 23 heavy (non-hydrogen) atoms. The lowest BCUT2D eigenvalue weighted by atomic mass is 10.3. The zero-order valence-corrected chi connectivity index (χ0v) is 13.9. The Kier molecular flexibility index (Phi) is 6.65. The monoisotopic (exact) mass is 319 g/mol. The van der Waals surface area contributed by atoms with Gasteiger partial charge in [-0.05, 0) is 19.1 Å². The number of carbonyl (C=O) groups excluding carboxylic acids is 1. The average Bonchev–Trinajstić information content (AvgIpc) is 2.58. The third-order valence-corrected chi connectivity index (χ3v) is 3.62. The van der Waals surface area contributed by atoms with Gasteiger partial charge in [0.2, 0.25) is 5.91 Å². The van der Waals surface area contributed by atoms with Gasteiger partial charge < -0.3 is 19.9 Å². The molecule has 1 N–H and O–H groups in total. The summed E-state index contributed by atoms with van der Waals surface area (Å²) in [7, 11) is 0. The van der Waals surface area contributed by atoms with Crippen LogP contribution in [0.5, 0.6) is 5.75 Å². The number of aliphatic imine (C=N–C) groups is 1. The third-order valence-electron chi connectivity index (χ3n) is 3.62. The molecular formula is C16H25N5O2. The van der Waals surface area contributed by atoms with Crippen molar-refractivity contribution in [3.05, 3.63) is 24.5 Å². The first kappa shape index (κ1) is 17.1. The molecule has 1 aliphatic heterocycles. The molecule has 1 aromatic heterocycles. The quantitative estimate of drug-likeness (QED) is 0.489. The summed E-state index contributed by atoms with van der Waals surface area (Å²) < 4.78 is 5.60. The first-order valence-electron chi connectivity index (χ1n) is 8.02. The third kappa shape index (κ3) is 5.43. The molecule has 126 valence electrons. The molecule has 1 fully saturated rings. The van der Waals surface area contributed by atoms with E-state index in [1.807, 2.05) is 24.0 Å². The van der Waals surface area contributed by atoms with Crippen molar-refractivity contribution in [1.29, 1.82) is 0 Å². The number of nitrogens with zero attached hydrogens (tertiary/aromatic N) is 4. The summed E-state index contributed by atoms with van der Waals surface area (Å²) in [5.41, 5.74) is 0. The van der Waals surface area contributed by atoms with Crippen molar-refractivity contribution in [3.8, 4) is 5.75 Å².